The van der Waals surface area contributed by atoms with Crippen LogP contribution in [0.2, 0.25) is 0 Å². The molecular formula is C19H22N10. The van der Waals surface area contributed by atoms with Crippen molar-refractivity contribution in [2.24, 2.45) is 5.92 Å². The van der Waals surface area contributed by atoms with Gasteiger partial charge in [0, 0.05) is 26.1 Å². The summed E-state index contributed by atoms with van der Waals surface area (Å²) in [5, 5.41) is 21.2. The Balaban J connectivity index is 1.42. The fraction of sp³-hybridized carbons (Fsp3) is 0.421. The average Bonchev–Trinajstić information content (AvgIpc) is 3.32. The summed E-state index contributed by atoms with van der Waals surface area (Å²) in [6, 6.07) is 4.37. The van der Waals surface area contributed by atoms with Crippen LogP contribution in [0.1, 0.15) is 18.4 Å². The summed E-state index contributed by atoms with van der Waals surface area (Å²) in [4.78, 5) is 15.7. The lowest BCUT2D eigenvalue weighted by molar-refractivity contribution is 0.190. The standard InChI is InChI=1S/C19H22N10/c1-13-7-17-22-11-23-28(17)10-15(13)24-19-21-9-16-18(25-19)29(12-26(16)2)27-5-3-14(8-20)4-6-27/h7,9-11,14H,3-6,12H2,1-2H3,(H,21,24,25). The Bertz CT molecular complexity index is 1090. The Morgan fingerprint density at radius 2 is 2.07 bits per heavy atom. The zero-order valence-corrected chi connectivity index (χ0v) is 16.4. The molecule has 1 N–H and O–H groups in total. The van der Waals surface area contributed by atoms with Gasteiger partial charge in [-0.1, -0.05) is 0 Å². The molecule has 0 bridgehead atoms. The quantitative estimate of drug-likeness (QED) is 0.719. The first-order chi connectivity index (χ1) is 14.1. The van der Waals surface area contributed by atoms with Crippen LogP contribution in [0.15, 0.2) is 24.8 Å². The van der Waals surface area contributed by atoms with Gasteiger partial charge in [0.1, 0.15) is 18.7 Å². The van der Waals surface area contributed by atoms with Gasteiger partial charge >= 0.3 is 0 Å². The Hall–Kier alpha value is -3.45. The normalized spacial score (nSPS) is 17.6. The number of hydrazine groups is 1. The second-order valence-electron chi connectivity index (χ2n) is 7.56. The first kappa shape index (κ1) is 17.6. The lowest BCUT2D eigenvalue weighted by Crippen LogP contribution is -2.48. The van der Waals surface area contributed by atoms with E-state index in [2.05, 4.69) is 41.4 Å². The number of pyridine rings is 1. The molecule has 2 aliphatic rings. The van der Waals surface area contributed by atoms with Crippen molar-refractivity contribution < 1.29 is 0 Å². The van der Waals surface area contributed by atoms with E-state index in [9.17, 15) is 0 Å². The Labute approximate surface area is 168 Å². The van der Waals surface area contributed by atoms with Crippen molar-refractivity contribution in [1.82, 2.24) is 29.6 Å². The van der Waals surface area contributed by atoms with Crippen molar-refractivity contribution in [2.45, 2.75) is 19.8 Å². The SMILES string of the molecule is Cc1cc2ncnn2cc1Nc1ncc2c(n1)N(N1CCC(C#N)CC1)CN2C. The number of nitriles is 1. The molecule has 148 valence electrons. The third-order valence-electron chi connectivity index (χ3n) is 5.62. The van der Waals surface area contributed by atoms with Gasteiger partial charge in [-0.2, -0.15) is 15.3 Å². The molecular weight excluding hydrogens is 368 g/mol. The molecule has 1 fully saturated rings. The summed E-state index contributed by atoms with van der Waals surface area (Å²) in [6.45, 7) is 4.47. The molecule has 2 aliphatic heterocycles. The minimum Gasteiger partial charge on any atom is -0.351 e. The molecule has 10 nitrogen and oxygen atoms in total. The zero-order chi connectivity index (χ0) is 20.0. The molecule has 0 spiro atoms. The molecule has 0 atom stereocenters. The van der Waals surface area contributed by atoms with E-state index in [4.69, 9.17) is 10.2 Å². The lowest BCUT2D eigenvalue weighted by Gasteiger charge is -2.36. The third kappa shape index (κ3) is 3.09. The fourth-order valence-electron chi connectivity index (χ4n) is 3.90. The van der Waals surface area contributed by atoms with E-state index in [-0.39, 0.29) is 5.92 Å². The summed E-state index contributed by atoms with van der Waals surface area (Å²) in [5.74, 6) is 1.58. The minimum atomic E-state index is 0.156. The third-order valence-corrected chi connectivity index (χ3v) is 5.62. The van der Waals surface area contributed by atoms with Crippen molar-refractivity contribution in [3.05, 3.63) is 30.4 Å². The maximum Gasteiger partial charge on any atom is 0.229 e. The van der Waals surface area contributed by atoms with Gasteiger partial charge in [-0.05, 0) is 31.4 Å². The number of hydrogen-bond donors (Lipinski definition) is 1. The summed E-state index contributed by atoms with van der Waals surface area (Å²) in [7, 11) is 2.04. The topological polar surface area (TPSA) is 102 Å². The lowest BCUT2D eigenvalue weighted by atomic mass is 10.00. The number of fused-ring (bicyclic) bond motifs is 2. The first-order valence-corrected chi connectivity index (χ1v) is 9.69. The van der Waals surface area contributed by atoms with E-state index in [1.807, 2.05) is 32.4 Å². The Morgan fingerprint density at radius 3 is 2.86 bits per heavy atom. The van der Waals surface area contributed by atoms with E-state index in [0.717, 1.165) is 61.0 Å². The van der Waals surface area contributed by atoms with Crippen LogP contribution >= 0.6 is 0 Å². The van der Waals surface area contributed by atoms with Crippen molar-refractivity contribution >= 4 is 28.8 Å². The molecule has 0 radical (unpaired) electrons. The van der Waals surface area contributed by atoms with Crippen LogP contribution in [0.25, 0.3) is 5.65 Å². The van der Waals surface area contributed by atoms with Crippen LogP contribution in [-0.4, -0.2) is 56.4 Å². The molecule has 0 amide bonds. The molecule has 0 aromatic carbocycles. The van der Waals surface area contributed by atoms with Crippen LogP contribution < -0.4 is 15.2 Å². The smallest absolute Gasteiger partial charge is 0.229 e. The number of nitrogens with one attached hydrogen (secondary N) is 1. The molecule has 29 heavy (non-hydrogen) atoms. The maximum atomic E-state index is 9.16. The Kier molecular flexibility index (Phi) is 4.17. The summed E-state index contributed by atoms with van der Waals surface area (Å²) >= 11 is 0. The summed E-state index contributed by atoms with van der Waals surface area (Å²) < 4.78 is 1.72. The van der Waals surface area contributed by atoms with Crippen molar-refractivity contribution in [1.29, 1.82) is 5.26 Å². The van der Waals surface area contributed by atoms with Gasteiger partial charge in [0.25, 0.3) is 0 Å². The minimum absolute atomic E-state index is 0.156. The molecule has 0 unspecified atom stereocenters. The van der Waals surface area contributed by atoms with Gasteiger partial charge < -0.3 is 10.2 Å². The van der Waals surface area contributed by atoms with Crippen molar-refractivity contribution in [3.63, 3.8) is 0 Å². The van der Waals surface area contributed by atoms with Crippen LogP contribution in [-0.2, 0) is 0 Å². The highest BCUT2D eigenvalue weighted by Crippen LogP contribution is 2.36. The van der Waals surface area contributed by atoms with Gasteiger partial charge in [0.15, 0.2) is 11.5 Å². The van der Waals surface area contributed by atoms with E-state index < -0.39 is 0 Å². The Morgan fingerprint density at radius 1 is 1.24 bits per heavy atom. The first-order valence-electron chi connectivity index (χ1n) is 9.69. The largest absolute Gasteiger partial charge is 0.351 e. The molecule has 3 aromatic rings. The van der Waals surface area contributed by atoms with Gasteiger partial charge in [-0.25, -0.2) is 19.5 Å². The summed E-state index contributed by atoms with van der Waals surface area (Å²) in [6.07, 6.45) is 7.06. The van der Waals surface area contributed by atoms with E-state index >= 15 is 0 Å². The summed E-state index contributed by atoms with van der Waals surface area (Å²) in [5.41, 5.74) is 3.73. The predicted molar refractivity (Wildman–Crippen MR) is 109 cm³/mol. The number of piperidine rings is 1. The zero-order valence-electron chi connectivity index (χ0n) is 16.4. The van der Waals surface area contributed by atoms with Crippen LogP contribution in [0, 0.1) is 24.2 Å². The van der Waals surface area contributed by atoms with E-state index in [1.165, 1.54) is 6.33 Å². The molecule has 5 rings (SSSR count). The van der Waals surface area contributed by atoms with Crippen LogP contribution in [0.3, 0.4) is 0 Å². The maximum absolute atomic E-state index is 9.16. The van der Waals surface area contributed by atoms with Gasteiger partial charge in [0.2, 0.25) is 5.95 Å². The highest BCUT2D eigenvalue weighted by atomic mass is 15.7. The van der Waals surface area contributed by atoms with Crippen molar-refractivity contribution in [3.8, 4) is 6.07 Å². The second-order valence-corrected chi connectivity index (χ2v) is 7.56. The number of anilines is 4. The molecule has 3 aromatic heterocycles. The molecule has 0 saturated carbocycles. The van der Waals surface area contributed by atoms with Gasteiger partial charge in [-0.15, -0.1) is 0 Å². The molecule has 0 aliphatic carbocycles. The van der Waals surface area contributed by atoms with Crippen molar-refractivity contribution in [2.75, 3.05) is 42.0 Å². The number of aromatic nitrogens is 5. The van der Waals surface area contributed by atoms with Crippen LogP contribution in [0.5, 0.6) is 0 Å². The van der Waals surface area contributed by atoms with E-state index in [1.54, 1.807) is 4.52 Å². The predicted octanol–water partition coefficient (Wildman–Crippen LogP) is 1.94. The highest BCUT2D eigenvalue weighted by Gasteiger charge is 2.32. The fourth-order valence-corrected chi connectivity index (χ4v) is 3.90. The monoisotopic (exact) mass is 390 g/mol. The molecule has 5 heterocycles. The van der Waals surface area contributed by atoms with Gasteiger partial charge in [-0.3, -0.25) is 5.01 Å². The average molecular weight is 390 g/mol. The van der Waals surface area contributed by atoms with Gasteiger partial charge in [0.05, 0.1) is 24.2 Å². The van der Waals surface area contributed by atoms with E-state index in [0.29, 0.717) is 5.95 Å². The number of aryl methyl sites for hydroxylation is 1. The van der Waals surface area contributed by atoms with Crippen LogP contribution in [0.4, 0.5) is 23.1 Å². The molecule has 10 heteroatoms. The second kappa shape index (κ2) is 6.86. The number of nitrogens with zero attached hydrogens (tertiary/aromatic N) is 9. The number of rotatable bonds is 3. The molecule has 1 saturated heterocycles. The highest BCUT2D eigenvalue weighted by molar-refractivity contribution is 5.73. The number of hydrogen-bond acceptors (Lipinski definition) is 9.